The first-order valence-electron chi connectivity index (χ1n) is 12.5. The molecule has 6 rings (SSSR count). The van der Waals surface area contributed by atoms with Crippen molar-refractivity contribution in [3.63, 3.8) is 0 Å². The molecule has 2 fully saturated rings. The predicted octanol–water partition coefficient (Wildman–Crippen LogP) is 4.20. The van der Waals surface area contributed by atoms with Gasteiger partial charge in [0.05, 0.1) is 14.2 Å². The molecule has 2 amide bonds. The molecule has 35 heavy (non-hydrogen) atoms. The number of nitrogens with zero attached hydrogens (tertiary/aromatic N) is 2. The van der Waals surface area contributed by atoms with Crippen LogP contribution in [-0.4, -0.2) is 59.4 Å². The molecule has 1 aliphatic carbocycles. The molecule has 0 spiro atoms. The fourth-order valence-electron chi connectivity index (χ4n) is 6.36. The molecule has 2 aromatic carbocycles. The summed E-state index contributed by atoms with van der Waals surface area (Å²) in [5.41, 5.74) is 3.92. The molecule has 2 atom stereocenters. The molecule has 1 aromatic heterocycles. The van der Waals surface area contributed by atoms with E-state index in [-0.39, 0.29) is 24.4 Å². The first-order valence-corrected chi connectivity index (χ1v) is 12.5. The van der Waals surface area contributed by atoms with Crippen LogP contribution in [0.1, 0.15) is 55.0 Å². The van der Waals surface area contributed by atoms with Crippen molar-refractivity contribution in [2.45, 2.75) is 56.7 Å². The van der Waals surface area contributed by atoms with Gasteiger partial charge in [-0.15, -0.1) is 0 Å². The molecular formula is C28H31N3O4. The van der Waals surface area contributed by atoms with Gasteiger partial charge < -0.3 is 24.3 Å². The second-order valence-corrected chi connectivity index (χ2v) is 9.85. The van der Waals surface area contributed by atoms with Gasteiger partial charge in [-0.2, -0.15) is 0 Å². The summed E-state index contributed by atoms with van der Waals surface area (Å²) in [6.45, 7) is 0.143. The van der Waals surface area contributed by atoms with Crippen molar-refractivity contribution in [2.75, 3.05) is 20.8 Å². The van der Waals surface area contributed by atoms with Crippen LogP contribution in [0.2, 0.25) is 0 Å². The first kappa shape index (κ1) is 22.0. The Morgan fingerprint density at radius 2 is 1.77 bits per heavy atom. The lowest BCUT2D eigenvalue weighted by Crippen LogP contribution is -2.65. The maximum Gasteiger partial charge on any atom is 0.246 e. The molecule has 182 valence electrons. The number of carbonyl (C=O) groups excluding carboxylic acids is 2. The summed E-state index contributed by atoms with van der Waals surface area (Å²) < 4.78 is 11.2. The Hall–Kier alpha value is -3.48. The molecule has 1 saturated carbocycles. The van der Waals surface area contributed by atoms with E-state index in [1.165, 1.54) is 6.42 Å². The van der Waals surface area contributed by atoms with Gasteiger partial charge in [-0.1, -0.05) is 37.5 Å². The largest absolute Gasteiger partial charge is 0.497 e. The number of piperazine rings is 1. The van der Waals surface area contributed by atoms with Crippen LogP contribution in [0.3, 0.4) is 0 Å². The third-order valence-corrected chi connectivity index (χ3v) is 8.04. The molecule has 1 N–H and O–H groups in total. The molecule has 0 bridgehead atoms. The second-order valence-electron chi connectivity index (χ2n) is 9.85. The van der Waals surface area contributed by atoms with Crippen LogP contribution in [0, 0.1) is 0 Å². The van der Waals surface area contributed by atoms with Crippen LogP contribution in [0.25, 0.3) is 10.9 Å². The molecule has 2 aliphatic heterocycles. The molecular weight excluding hydrogens is 442 g/mol. The lowest BCUT2D eigenvalue weighted by Gasteiger charge is -2.49. The Morgan fingerprint density at radius 3 is 2.54 bits per heavy atom. The number of amides is 2. The molecule has 3 aromatic rings. The smallest absolute Gasteiger partial charge is 0.246 e. The van der Waals surface area contributed by atoms with E-state index < -0.39 is 12.1 Å². The Kier molecular flexibility index (Phi) is 5.43. The number of nitrogens with one attached hydrogen (secondary N) is 1. The highest BCUT2D eigenvalue weighted by Gasteiger charge is 2.50. The zero-order valence-electron chi connectivity index (χ0n) is 20.3. The number of carbonyl (C=O) groups is 2. The minimum Gasteiger partial charge on any atom is -0.497 e. The average Bonchev–Trinajstić information content (AvgIpc) is 3.28. The number of hydrogen-bond donors (Lipinski definition) is 1. The number of rotatable bonds is 4. The van der Waals surface area contributed by atoms with E-state index in [0.717, 1.165) is 53.4 Å². The molecule has 0 radical (unpaired) electrons. The fourth-order valence-corrected chi connectivity index (χ4v) is 6.36. The molecule has 3 aliphatic rings. The maximum atomic E-state index is 14.0. The Labute approximate surface area is 205 Å². The number of aromatic nitrogens is 1. The van der Waals surface area contributed by atoms with Crippen LogP contribution in [0.15, 0.2) is 42.5 Å². The van der Waals surface area contributed by atoms with Crippen molar-refractivity contribution in [3.8, 4) is 11.5 Å². The molecule has 7 heteroatoms. The Morgan fingerprint density at radius 1 is 0.971 bits per heavy atom. The van der Waals surface area contributed by atoms with Gasteiger partial charge in [-0.25, -0.2) is 0 Å². The predicted molar refractivity (Wildman–Crippen MR) is 133 cm³/mol. The van der Waals surface area contributed by atoms with Gasteiger partial charge in [0.25, 0.3) is 0 Å². The first-order chi connectivity index (χ1) is 17.1. The number of methoxy groups -OCH3 is 2. The second kappa shape index (κ2) is 8.63. The molecule has 0 unspecified atom stereocenters. The van der Waals surface area contributed by atoms with Crippen LogP contribution < -0.4 is 9.47 Å². The Balaban J connectivity index is 1.51. The number of aromatic amines is 1. The summed E-state index contributed by atoms with van der Waals surface area (Å²) in [6, 6.07) is 13.0. The topological polar surface area (TPSA) is 74.9 Å². The zero-order valence-corrected chi connectivity index (χ0v) is 20.3. The van der Waals surface area contributed by atoms with Gasteiger partial charge >= 0.3 is 0 Å². The lowest BCUT2D eigenvalue weighted by atomic mass is 9.84. The van der Waals surface area contributed by atoms with Crippen LogP contribution in [0.5, 0.6) is 11.5 Å². The van der Waals surface area contributed by atoms with E-state index in [0.29, 0.717) is 17.9 Å². The highest BCUT2D eigenvalue weighted by molar-refractivity contribution is 5.98. The van der Waals surface area contributed by atoms with Crippen molar-refractivity contribution in [2.24, 2.45) is 0 Å². The molecule has 3 heterocycles. The van der Waals surface area contributed by atoms with Crippen molar-refractivity contribution in [1.82, 2.24) is 14.8 Å². The maximum absolute atomic E-state index is 14.0. The van der Waals surface area contributed by atoms with E-state index in [2.05, 4.69) is 11.1 Å². The van der Waals surface area contributed by atoms with Crippen molar-refractivity contribution >= 4 is 22.7 Å². The summed E-state index contributed by atoms with van der Waals surface area (Å²) in [5, 5.41) is 1.11. The molecule has 1 saturated heterocycles. The van der Waals surface area contributed by atoms with Gasteiger partial charge in [-0.3, -0.25) is 9.59 Å². The van der Waals surface area contributed by atoms with E-state index in [1.54, 1.807) is 14.2 Å². The van der Waals surface area contributed by atoms with Crippen LogP contribution in [-0.2, 0) is 16.0 Å². The monoisotopic (exact) mass is 473 g/mol. The van der Waals surface area contributed by atoms with Gasteiger partial charge in [0.15, 0.2) is 0 Å². The lowest BCUT2D eigenvalue weighted by molar-refractivity contribution is -0.161. The third-order valence-electron chi connectivity index (χ3n) is 8.04. The quantitative estimate of drug-likeness (QED) is 0.616. The van der Waals surface area contributed by atoms with E-state index in [9.17, 15) is 9.59 Å². The minimum absolute atomic E-state index is 0.00708. The summed E-state index contributed by atoms with van der Waals surface area (Å²) >= 11 is 0. The number of fused-ring (bicyclic) bond motifs is 4. The van der Waals surface area contributed by atoms with Gasteiger partial charge in [0.1, 0.15) is 30.1 Å². The van der Waals surface area contributed by atoms with E-state index >= 15 is 0 Å². The zero-order chi connectivity index (χ0) is 24.1. The van der Waals surface area contributed by atoms with Crippen molar-refractivity contribution in [1.29, 1.82) is 0 Å². The highest BCUT2D eigenvalue weighted by atomic mass is 16.5. The third kappa shape index (κ3) is 3.48. The Bertz CT molecular complexity index is 1290. The summed E-state index contributed by atoms with van der Waals surface area (Å²) in [4.78, 5) is 35.1. The number of para-hydroxylation sites is 1. The number of ether oxygens (including phenoxy) is 2. The fraction of sp³-hybridized carbons (Fsp3) is 0.429. The minimum atomic E-state index is -0.526. The normalized spacial score (nSPS) is 22.8. The number of H-pyrrole nitrogens is 1. The van der Waals surface area contributed by atoms with Crippen molar-refractivity contribution in [3.05, 3.63) is 59.3 Å². The molecule has 7 nitrogen and oxygen atoms in total. The number of hydrogen-bond acceptors (Lipinski definition) is 4. The summed E-state index contributed by atoms with van der Waals surface area (Å²) in [6.07, 6.45) is 5.94. The highest BCUT2D eigenvalue weighted by Crippen LogP contribution is 2.46. The number of benzene rings is 2. The van der Waals surface area contributed by atoms with Gasteiger partial charge in [0, 0.05) is 40.7 Å². The van der Waals surface area contributed by atoms with E-state index in [4.69, 9.17) is 9.47 Å². The summed E-state index contributed by atoms with van der Waals surface area (Å²) in [7, 11) is 3.24. The average molecular weight is 474 g/mol. The standard InChI is InChI=1S/C28H31N3O4/c1-34-18-12-13-20(24(14-18)35-2)27-26-21(19-10-6-7-11-22(19)29-26)15-23-28(33)30(16-25(32)31(23)27)17-8-4-3-5-9-17/h6-7,10-14,17,23,27,29H,3-5,8-9,15-16H2,1-2H3/t23-,27-/m0/s1. The van der Waals surface area contributed by atoms with Crippen LogP contribution in [0.4, 0.5) is 0 Å². The SMILES string of the molecule is COc1ccc([C@H]2c3[nH]c4ccccc4c3C[C@H]3C(=O)N(C4CCCCC4)CC(=O)N23)c(OC)c1. The van der Waals surface area contributed by atoms with Gasteiger partial charge in [-0.05, 0) is 36.6 Å². The van der Waals surface area contributed by atoms with Gasteiger partial charge in [0.2, 0.25) is 11.8 Å². The van der Waals surface area contributed by atoms with Crippen molar-refractivity contribution < 1.29 is 19.1 Å². The summed E-state index contributed by atoms with van der Waals surface area (Å²) in [5.74, 6) is 1.38. The van der Waals surface area contributed by atoms with E-state index in [1.807, 2.05) is 46.2 Å². The van der Waals surface area contributed by atoms with Crippen LogP contribution >= 0.6 is 0 Å².